The van der Waals surface area contributed by atoms with Gasteiger partial charge in [-0.2, -0.15) is 0 Å². The Kier molecular flexibility index (Phi) is 6.32. The lowest BCUT2D eigenvalue weighted by Gasteiger charge is -2.24. The van der Waals surface area contributed by atoms with Crippen LogP contribution >= 0.6 is 34.5 Å². The van der Waals surface area contributed by atoms with Crippen molar-refractivity contribution < 1.29 is 9.59 Å². The summed E-state index contributed by atoms with van der Waals surface area (Å²) in [5, 5.41) is 6.32. The number of benzene rings is 1. The van der Waals surface area contributed by atoms with Crippen LogP contribution in [0.1, 0.15) is 18.5 Å². The molecule has 9 heteroatoms. The average molecular weight is 461 g/mol. The number of hydrogen-bond donors (Lipinski definition) is 1. The van der Waals surface area contributed by atoms with E-state index in [2.05, 4.69) is 15.3 Å². The Hall–Kier alpha value is -2.48. The first kappa shape index (κ1) is 20.8. The van der Waals surface area contributed by atoms with Crippen LogP contribution in [0.25, 0.3) is 10.7 Å². The third kappa shape index (κ3) is 4.80. The summed E-state index contributed by atoms with van der Waals surface area (Å²) in [6.45, 7) is 0.546. The number of anilines is 1. The number of pyridine rings is 1. The molecule has 0 saturated carbocycles. The number of aromatic nitrogens is 2. The summed E-state index contributed by atoms with van der Waals surface area (Å²) < 4.78 is 0. The topological polar surface area (TPSA) is 75.2 Å². The largest absolute Gasteiger partial charge is 0.330 e. The molecule has 1 fully saturated rings. The second-order valence-electron chi connectivity index (χ2n) is 6.93. The number of thiazole rings is 1. The third-order valence-corrected chi connectivity index (χ3v) is 6.12. The van der Waals surface area contributed by atoms with E-state index in [0.717, 1.165) is 17.1 Å². The van der Waals surface area contributed by atoms with Gasteiger partial charge in [0.15, 0.2) is 0 Å². The van der Waals surface area contributed by atoms with Crippen molar-refractivity contribution in [1.82, 2.24) is 14.9 Å². The van der Waals surface area contributed by atoms with Crippen LogP contribution < -0.4 is 5.32 Å². The Labute approximate surface area is 187 Å². The number of carbonyl (C=O) groups is 2. The Morgan fingerprint density at radius 3 is 2.73 bits per heavy atom. The molecular formula is C21H18Cl2N4O2S. The fraction of sp³-hybridized carbons (Fsp3) is 0.238. The van der Waals surface area contributed by atoms with Gasteiger partial charge in [0.25, 0.3) is 0 Å². The number of carbonyl (C=O) groups excluding carboxylic acids is 2. The zero-order valence-electron chi connectivity index (χ0n) is 15.8. The molecule has 3 heterocycles. The van der Waals surface area contributed by atoms with Crippen LogP contribution in [0.2, 0.25) is 10.0 Å². The molecule has 3 aromatic rings. The second-order valence-corrected chi connectivity index (χ2v) is 8.66. The van der Waals surface area contributed by atoms with Crippen LogP contribution in [0.4, 0.5) is 5.69 Å². The SMILES string of the molecule is O=C(Nc1cc(Cl)cc(Cl)c1)C1CCCN1C(=O)Cc1csc(-c2ccccn2)n1. The van der Waals surface area contributed by atoms with Gasteiger partial charge in [0, 0.05) is 33.9 Å². The molecule has 0 bridgehead atoms. The van der Waals surface area contributed by atoms with Crippen molar-refractivity contribution >= 4 is 52.0 Å². The van der Waals surface area contributed by atoms with E-state index in [1.165, 1.54) is 11.3 Å². The molecular weight excluding hydrogens is 443 g/mol. The standard InChI is InChI=1S/C21H18Cl2N4O2S/c22-13-8-14(23)10-15(9-13)25-20(29)18-5-3-7-27(18)19(28)11-16-12-30-21(26-16)17-4-1-2-6-24-17/h1-2,4,6,8-10,12,18H,3,5,7,11H2,(H,25,29). The molecule has 1 unspecified atom stereocenters. The molecule has 1 saturated heterocycles. The quantitative estimate of drug-likeness (QED) is 0.599. The Bertz CT molecular complexity index is 1050. The monoisotopic (exact) mass is 460 g/mol. The van der Waals surface area contributed by atoms with E-state index in [-0.39, 0.29) is 18.2 Å². The molecule has 1 aliphatic heterocycles. The van der Waals surface area contributed by atoms with Crippen LogP contribution in [-0.4, -0.2) is 39.3 Å². The van der Waals surface area contributed by atoms with Crippen LogP contribution in [0.15, 0.2) is 48.0 Å². The van der Waals surface area contributed by atoms with Gasteiger partial charge >= 0.3 is 0 Å². The van der Waals surface area contributed by atoms with E-state index in [4.69, 9.17) is 23.2 Å². The summed E-state index contributed by atoms with van der Waals surface area (Å²) >= 11 is 13.4. The summed E-state index contributed by atoms with van der Waals surface area (Å²) in [5.41, 5.74) is 1.97. The minimum atomic E-state index is -0.524. The highest BCUT2D eigenvalue weighted by molar-refractivity contribution is 7.13. The molecule has 30 heavy (non-hydrogen) atoms. The average Bonchev–Trinajstić information content (AvgIpc) is 3.37. The number of halogens is 2. The highest BCUT2D eigenvalue weighted by atomic mass is 35.5. The van der Waals surface area contributed by atoms with Gasteiger partial charge in [0.2, 0.25) is 11.8 Å². The maximum Gasteiger partial charge on any atom is 0.247 e. The predicted octanol–water partition coefficient (Wildman–Crippen LogP) is 4.68. The van der Waals surface area contributed by atoms with Crippen molar-refractivity contribution in [3.8, 4) is 10.7 Å². The normalized spacial score (nSPS) is 15.9. The fourth-order valence-corrected chi connectivity index (χ4v) is 4.76. The highest BCUT2D eigenvalue weighted by Crippen LogP contribution is 2.26. The van der Waals surface area contributed by atoms with Crippen LogP contribution in [-0.2, 0) is 16.0 Å². The number of nitrogens with zero attached hydrogens (tertiary/aromatic N) is 3. The van der Waals surface area contributed by atoms with Crippen molar-refractivity contribution in [1.29, 1.82) is 0 Å². The number of likely N-dealkylation sites (tertiary alicyclic amines) is 1. The molecule has 1 N–H and O–H groups in total. The number of rotatable bonds is 5. The second kappa shape index (κ2) is 9.12. The van der Waals surface area contributed by atoms with Crippen LogP contribution in [0.5, 0.6) is 0 Å². The summed E-state index contributed by atoms with van der Waals surface area (Å²) in [4.78, 5) is 36.1. The van der Waals surface area contributed by atoms with E-state index in [1.807, 2.05) is 23.6 Å². The molecule has 4 rings (SSSR count). The first-order valence-corrected chi connectivity index (χ1v) is 11.1. The molecule has 2 amide bonds. The van der Waals surface area contributed by atoms with E-state index < -0.39 is 6.04 Å². The van der Waals surface area contributed by atoms with E-state index in [9.17, 15) is 9.59 Å². The Morgan fingerprint density at radius 1 is 1.20 bits per heavy atom. The Morgan fingerprint density at radius 2 is 2.00 bits per heavy atom. The molecule has 1 aromatic carbocycles. The van der Waals surface area contributed by atoms with Crippen molar-refractivity contribution in [2.24, 2.45) is 0 Å². The van der Waals surface area contributed by atoms with Gasteiger partial charge in [-0.15, -0.1) is 11.3 Å². The maximum absolute atomic E-state index is 12.9. The van der Waals surface area contributed by atoms with Gasteiger partial charge in [0.1, 0.15) is 11.0 Å². The lowest BCUT2D eigenvalue weighted by Crippen LogP contribution is -2.43. The minimum Gasteiger partial charge on any atom is -0.330 e. The molecule has 154 valence electrons. The van der Waals surface area contributed by atoms with Gasteiger partial charge in [-0.3, -0.25) is 14.6 Å². The smallest absolute Gasteiger partial charge is 0.247 e. The molecule has 0 radical (unpaired) electrons. The molecule has 2 aromatic heterocycles. The van der Waals surface area contributed by atoms with E-state index in [0.29, 0.717) is 34.4 Å². The zero-order chi connectivity index (χ0) is 21.1. The van der Waals surface area contributed by atoms with Gasteiger partial charge < -0.3 is 10.2 Å². The first-order chi connectivity index (χ1) is 14.5. The van der Waals surface area contributed by atoms with E-state index in [1.54, 1.807) is 29.3 Å². The molecule has 0 spiro atoms. The fourth-order valence-electron chi connectivity index (χ4n) is 3.44. The highest BCUT2D eigenvalue weighted by Gasteiger charge is 2.34. The van der Waals surface area contributed by atoms with Gasteiger partial charge in [-0.1, -0.05) is 29.3 Å². The zero-order valence-corrected chi connectivity index (χ0v) is 18.2. The summed E-state index contributed by atoms with van der Waals surface area (Å²) in [6, 6.07) is 9.95. The molecule has 1 aliphatic rings. The van der Waals surface area contributed by atoms with Gasteiger partial charge in [-0.25, -0.2) is 4.98 Å². The van der Waals surface area contributed by atoms with Crippen LogP contribution in [0.3, 0.4) is 0 Å². The molecule has 1 atom stereocenters. The van der Waals surface area contributed by atoms with E-state index >= 15 is 0 Å². The number of nitrogens with one attached hydrogen (secondary N) is 1. The number of amides is 2. The van der Waals surface area contributed by atoms with Gasteiger partial charge in [0.05, 0.1) is 17.8 Å². The Balaban J connectivity index is 1.42. The van der Waals surface area contributed by atoms with Gasteiger partial charge in [-0.05, 0) is 43.2 Å². The first-order valence-electron chi connectivity index (χ1n) is 9.42. The lowest BCUT2D eigenvalue weighted by atomic mass is 10.2. The third-order valence-electron chi connectivity index (χ3n) is 4.77. The van der Waals surface area contributed by atoms with Crippen LogP contribution in [0, 0.1) is 0 Å². The summed E-state index contributed by atoms with van der Waals surface area (Å²) in [5.74, 6) is -0.360. The number of hydrogen-bond acceptors (Lipinski definition) is 5. The lowest BCUT2D eigenvalue weighted by molar-refractivity contribution is -0.136. The molecule has 6 nitrogen and oxygen atoms in total. The van der Waals surface area contributed by atoms with Crippen molar-refractivity contribution in [3.63, 3.8) is 0 Å². The van der Waals surface area contributed by atoms with Crippen molar-refractivity contribution in [2.45, 2.75) is 25.3 Å². The minimum absolute atomic E-state index is 0.116. The summed E-state index contributed by atoms with van der Waals surface area (Å²) in [6.07, 6.45) is 3.25. The summed E-state index contributed by atoms with van der Waals surface area (Å²) in [7, 11) is 0. The van der Waals surface area contributed by atoms with Crippen molar-refractivity contribution in [3.05, 3.63) is 63.7 Å². The predicted molar refractivity (Wildman–Crippen MR) is 119 cm³/mol. The van der Waals surface area contributed by atoms with Crippen molar-refractivity contribution in [2.75, 3.05) is 11.9 Å². The maximum atomic E-state index is 12.9. The molecule has 0 aliphatic carbocycles.